The Bertz CT molecular complexity index is 1710. The van der Waals surface area contributed by atoms with Gasteiger partial charge in [0, 0.05) is 83.2 Å². The number of piperidine rings is 1. The highest BCUT2D eigenvalue weighted by atomic mass is 16.5. The van der Waals surface area contributed by atoms with Gasteiger partial charge in [-0.2, -0.15) is 10.1 Å². The van der Waals surface area contributed by atoms with Crippen molar-refractivity contribution in [3.63, 3.8) is 0 Å². The highest BCUT2D eigenvalue weighted by molar-refractivity contribution is 5.94. The molecule has 1 aromatic carbocycles. The summed E-state index contributed by atoms with van der Waals surface area (Å²) in [5.74, 6) is 1.38. The number of amides is 2. The lowest BCUT2D eigenvalue weighted by molar-refractivity contribution is -0.133. The van der Waals surface area contributed by atoms with Crippen LogP contribution in [0.5, 0.6) is 0 Å². The number of anilines is 3. The number of nitrogens with one attached hydrogen (secondary N) is 1. The Balaban J connectivity index is 0.999. The molecular formula is C34H44N10O3. The second-order valence-electron chi connectivity index (χ2n) is 13.4. The molecular weight excluding hydrogens is 596 g/mol. The Morgan fingerprint density at radius 3 is 2.60 bits per heavy atom. The fourth-order valence-corrected chi connectivity index (χ4v) is 7.23. The zero-order valence-corrected chi connectivity index (χ0v) is 27.5. The molecule has 2 amide bonds. The summed E-state index contributed by atoms with van der Waals surface area (Å²) in [5.41, 5.74) is 4.31. The van der Waals surface area contributed by atoms with Crippen LogP contribution in [0.3, 0.4) is 0 Å². The van der Waals surface area contributed by atoms with Crippen molar-refractivity contribution >= 4 is 34.8 Å². The average molecular weight is 641 g/mol. The largest absolute Gasteiger partial charge is 0.373 e. The van der Waals surface area contributed by atoms with Crippen LogP contribution in [0.4, 0.5) is 17.3 Å². The minimum atomic E-state index is 0.00122. The molecule has 2 aliphatic heterocycles. The normalized spacial score (nSPS) is 21.6. The maximum atomic E-state index is 12.8. The summed E-state index contributed by atoms with van der Waals surface area (Å²) in [7, 11) is 5.62. The van der Waals surface area contributed by atoms with Crippen LogP contribution < -0.4 is 10.2 Å². The van der Waals surface area contributed by atoms with Gasteiger partial charge in [-0.15, -0.1) is 5.10 Å². The molecule has 7 rings (SSSR count). The first kappa shape index (κ1) is 31.1. The molecule has 3 atom stereocenters. The Morgan fingerprint density at radius 1 is 1.04 bits per heavy atom. The minimum Gasteiger partial charge on any atom is -0.373 e. The van der Waals surface area contributed by atoms with E-state index in [0.717, 1.165) is 74.7 Å². The van der Waals surface area contributed by atoms with E-state index in [9.17, 15) is 9.59 Å². The van der Waals surface area contributed by atoms with Gasteiger partial charge in [0.15, 0.2) is 5.65 Å². The van der Waals surface area contributed by atoms with Crippen molar-refractivity contribution in [1.29, 1.82) is 0 Å². The Hall–Kier alpha value is -4.49. The number of pyridine rings is 1. The fraction of sp³-hybridized carbons (Fsp3) is 0.500. The molecule has 5 heterocycles. The molecule has 1 aliphatic carbocycles. The first-order valence-corrected chi connectivity index (χ1v) is 16.6. The molecule has 3 aromatic heterocycles. The number of likely N-dealkylation sites (N-methyl/N-ethyl adjacent to an activating group) is 1. The number of hydrogen-bond donors (Lipinski definition) is 1. The first-order valence-electron chi connectivity index (χ1n) is 16.6. The maximum Gasteiger partial charge on any atom is 0.253 e. The van der Waals surface area contributed by atoms with Crippen molar-refractivity contribution < 1.29 is 14.3 Å². The molecule has 13 heteroatoms. The summed E-state index contributed by atoms with van der Waals surface area (Å²) in [6.45, 7) is 5.77. The second-order valence-corrected chi connectivity index (χ2v) is 13.4. The van der Waals surface area contributed by atoms with Crippen molar-refractivity contribution in [2.24, 2.45) is 11.8 Å². The van der Waals surface area contributed by atoms with Gasteiger partial charge < -0.3 is 29.7 Å². The number of hydrogen-bond acceptors (Lipinski definition) is 9. The number of fused-ring (bicyclic) bond motifs is 3. The zero-order chi connectivity index (χ0) is 32.5. The Labute approximate surface area is 275 Å². The summed E-state index contributed by atoms with van der Waals surface area (Å²) in [6.07, 6.45) is 9.09. The summed E-state index contributed by atoms with van der Waals surface area (Å²) in [6, 6.07) is 11.9. The minimum absolute atomic E-state index is 0.00122. The number of carbonyl (C=O) groups is 2. The summed E-state index contributed by atoms with van der Waals surface area (Å²) in [5, 5.41) is 12.4. The fourth-order valence-electron chi connectivity index (χ4n) is 7.23. The van der Waals surface area contributed by atoms with E-state index in [1.807, 2.05) is 52.1 Å². The van der Waals surface area contributed by atoms with Crippen LogP contribution >= 0.6 is 0 Å². The molecule has 0 radical (unpaired) electrons. The molecule has 4 aromatic rings. The SMILES string of the molecule is CN1CCN(C(=O)Cn2cc(Nc3nc4c(N5C[C@H]6CCC[C@@H](C5)C6OCc5cccc(C(=O)N(C)C)c5)cccn4n3)cn2)CC1. The van der Waals surface area contributed by atoms with E-state index in [2.05, 4.69) is 33.3 Å². The molecule has 3 fully saturated rings. The van der Waals surface area contributed by atoms with Crippen molar-refractivity contribution in [2.45, 2.75) is 38.5 Å². The van der Waals surface area contributed by atoms with Gasteiger partial charge in [-0.05, 0) is 49.7 Å². The lowest BCUT2D eigenvalue weighted by Crippen LogP contribution is -2.52. The van der Waals surface area contributed by atoms with Crippen LogP contribution in [0.2, 0.25) is 0 Å². The number of benzene rings is 1. The molecule has 47 heavy (non-hydrogen) atoms. The van der Waals surface area contributed by atoms with Crippen LogP contribution in [0, 0.1) is 11.8 Å². The van der Waals surface area contributed by atoms with E-state index in [1.165, 1.54) is 6.42 Å². The number of ether oxygens (including phenoxy) is 1. The van der Waals surface area contributed by atoms with E-state index in [0.29, 0.717) is 30.0 Å². The van der Waals surface area contributed by atoms with Crippen LogP contribution in [-0.2, 0) is 22.7 Å². The van der Waals surface area contributed by atoms with Crippen molar-refractivity contribution in [1.82, 2.24) is 39.1 Å². The van der Waals surface area contributed by atoms with Gasteiger partial charge in [0.1, 0.15) is 6.54 Å². The third-order valence-electron chi connectivity index (χ3n) is 9.74. The molecule has 2 bridgehead atoms. The van der Waals surface area contributed by atoms with Gasteiger partial charge in [0.05, 0.1) is 30.3 Å². The molecule has 0 spiro atoms. The van der Waals surface area contributed by atoms with Gasteiger partial charge in [0.25, 0.3) is 5.91 Å². The van der Waals surface area contributed by atoms with Gasteiger partial charge in [-0.25, -0.2) is 4.52 Å². The quantitative estimate of drug-likeness (QED) is 0.295. The van der Waals surface area contributed by atoms with Crippen LogP contribution in [0.25, 0.3) is 5.65 Å². The Morgan fingerprint density at radius 2 is 1.83 bits per heavy atom. The topological polar surface area (TPSA) is 116 Å². The van der Waals surface area contributed by atoms with E-state index in [-0.39, 0.29) is 24.5 Å². The summed E-state index contributed by atoms with van der Waals surface area (Å²) < 4.78 is 10.1. The van der Waals surface area contributed by atoms with Crippen molar-refractivity contribution in [3.8, 4) is 0 Å². The smallest absolute Gasteiger partial charge is 0.253 e. The average Bonchev–Trinajstić information content (AvgIpc) is 3.69. The van der Waals surface area contributed by atoms with Gasteiger partial charge >= 0.3 is 0 Å². The molecule has 248 valence electrons. The number of aromatic nitrogens is 5. The van der Waals surface area contributed by atoms with Gasteiger partial charge in [0.2, 0.25) is 11.9 Å². The number of rotatable bonds is 9. The van der Waals surface area contributed by atoms with Crippen molar-refractivity contribution in [3.05, 3.63) is 66.1 Å². The predicted octanol–water partition coefficient (Wildman–Crippen LogP) is 2.97. The molecule has 2 saturated heterocycles. The second kappa shape index (κ2) is 13.3. The lowest BCUT2D eigenvalue weighted by atomic mass is 9.75. The van der Waals surface area contributed by atoms with E-state index in [4.69, 9.17) is 14.8 Å². The van der Waals surface area contributed by atoms with Crippen LogP contribution in [-0.4, -0.2) is 117 Å². The van der Waals surface area contributed by atoms with Gasteiger partial charge in [-0.3, -0.25) is 14.3 Å². The first-order chi connectivity index (χ1) is 22.8. The van der Waals surface area contributed by atoms with Crippen LogP contribution in [0.1, 0.15) is 35.2 Å². The monoisotopic (exact) mass is 640 g/mol. The highest BCUT2D eigenvalue weighted by Crippen LogP contribution is 2.40. The van der Waals surface area contributed by atoms with E-state index in [1.54, 1.807) is 29.9 Å². The summed E-state index contributed by atoms with van der Waals surface area (Å²) >= 11 is 0. The number of piperazine rings is 1. The highest BCUT2D eigenvalue weighted by Gasteiger charge is 2.41. The number of nitrogens with zero attached hydrogens (tertiary/aromatic N) is 9. The molecule has 1 unspecified atom stereocenters. The predicted molar refractivity (Wildman–Crippen MR) is 179 cm³/mol. The number of carbonyl (C=O) groups excluding carboxylic acids is 2. The molecule has 13 nitrogen and oxygen atoms in total. The molecule has 1 saturated carbocycles. The van der Waals surface area contributed by atoms with Crippen LogP contribution in [0.15, 0.2) is 55.0 Å². The third kappa shape index (κ3) is 6.82. The lowest BCUT2D eigenvalue weighted by Gasteiger charge is -2.47. The van der Waals surface area contributed by atoms with E-state index < -0.39 is 0 Å². The standard InChI is InChI=1S/C34H44N10O3/c1-39(2)33(46)25-8-4-7-24(17-25)23-47-31-26-9-5-10-27(31)20-42(19-26)29-11-6-12-44-32(29)37-34(38-44)36-28-18-35-43(21-28)22-30(45)41-15-13-40(3)14-16-41/h4,6-8,11-12,17-18,21,26-27,31H,5,9-10,13-16,19-20,22-23H2,1-3H3,(H,36,38)/t26-,27+,31?. The molecule has 3 aliphatic rings. The zero-order valence-electron chi connectivity index (χ0n) is 27.5. The van der Waals surface area contributed by atoms with Crippen molar-refractivity contribution in [2.75, 3.05) is 70.6 Å². The summed E-state index contributed by atoms with van der Waals surface area (Å²) in [4.78, 5) is 38.3. The maximum absolute atomic E-state index is 12.8. The third-order valence-corrected chi connectivity index (χ3v) is 9.74. The Kier molecular flexibility index (Phi) is 8.82. The van der Waals surface area contributed by atoms with Gasteiger partial charge in [-0.1, -0.05) is 18.6 Å². The molecule has 1 N–H and O–H groups in total. The van der Waals surface area contributed by atoms with E-state index >= 15 is 0 Å².